The fourth-order valence-corrected chi connectivity index (χ4v) is 2.13. The third kappa shape index (κ3) is 2.06. The Morgan fingerprint density at radius 3 is 2.39 bits per heavy atom. The summed E-state index contributed by atoms with van der Waals surface area (Å²) in [5.41, 5.74) is 3.73. The van der Waals surface area contributed by atoms with E-state index in [1.165, 1.54) is 12.1 Å². The van der Waals surface area contributed by atoms with Crippen LogP contribution >= 0.6 is 11.6 Å². The van der Waals surface area contributed by atoms with E-state index in [2.05, 4.69) is 4.98 Å². The van der Waals surface area contributed by atoms with Gasteiger partial charge in [0.25, 0.3) is 0 Å². The van der Waals surface area contributed by atoms with Gasteiger partial charge in [-0.15, -0.1) is 0 Å². The van der Waals surface area contributed by atoms with Crippen molar-refractivity contribution in [3.05, 3.63) is 57.1 Å². The number of hydrogen-bond donors (Lipinski definition) is 1. The van der Waals surface area contributed by atoms with Gasteiger partial charge in [-0.05, 0) is 50.1 Å². The summed E-state index contributed by atoms with van der Waals surface area (Å²) in [5.74, 6) is -0.666. The van der Waals surface area contributed by atoms with Gasteiger partial charge in [-0.1, -0.05) is 11.6 Å². The van der Waals surface area contributed by atoms with E-state index in [9.17, 15) is 9.18 Å². The third-order valence-corrected chi connectivity index (χ3v) is 3.53. The van der Waals surface area contributed by atoms with Crippen LogP contribution in [0.1, 0.15) is 32.9 Å². The molecule has 0 radical (unpaired) electrons. The number of rotatable bonds is 2. The van der Waals surface area contributed by atoms with Crippen LogP contribution in [0.25, 0.3) is 0 Å². The number of aromatic amines is 1. The molecule has 0 saturated carbocycles. The van der Waals surface area contributed by atoms with Crippen molar-refractivity contribution in [3.8, 4) is 0 Å². The Labute approximate surface area is 110 Å². The predicted molar refractivity (Wildman–Crippen MR) is 69.8 cm³/mol. The van der Waals surface area contributed by atoms with Crippen molar-refractivity contribution < 1.29 is 9.18 Å². The average molecular weight is 266 g/mol. The molecule has 0 unspecified atom stereocenters. The van der Waals surface area contributed by atoms with Crippen LogP contribution in [0.15, 0.2) is 18.2 Å². The van der Waals surface area contributed by atoms with Crippen molar-refractivity contribution in [2.75, 3.05) is 0 Å². The molecule has 0 amide bonds. The quantitative estimate of drug-likeness (QED) is 0.819. The molecule has 0 spiro atoms. The summed E-state index contributed by atoms with van der Waals surface area (Å²) < 4.78 is 13.0. The zero-order valence-electron chi connectivity index (χ0n) is 10.4. The number of nitrogens with one attached hydrogen (secondary N) is 1. The lowest BCUT2D eigenvalue weighted by Crippen LogP contribution is -2.05. The zero-order valence-corrected chi connectivity index (χ0v) is 11.2. The minimum Gasteiger partial charge on any atom is -0.356 e. The Morgan fingerprint density at radius 1 is 1.22 bits per heavy atom. The number of carbonyl (C=O) groups is 1. The topological polar surface area (TPSA) is 32.9 Å². The van der Waals surface area contributed by atoms with E-state index >= 15 is 0 Å². The summed E-state index contributed by atoms with van der Waals surface area (Å²) in [6.07, 6.45) is 0. The van der Waals surface area contributed by atoms with E-state index in [0.29, 0.717) is 11.3 Å². The van der Waals surface area contributed by atoms with E-state index in [-0.39, 0.29) is 10.8 Å². The lowest BCUT2D eigenvalue weighted by molar-refractivity contribution is 0.103. The molecule has 18 heavy (non-hydrogen) atoms. The summed E-state index contributed by atoms with van der Waals surface area (Å²) >= 11 is 5.90. The molecule has 0 aliphatic heterocycles. The Balaban J connectivity index is 2.51. The van der Waals surface area contributed by atoms with Crippen LogP contribution in [0.5, 0.6) is 0 Å². The molecule has 2 aromatic rings. The first-order valence-electron chi connectivity index (χ1n) is 5.57. The molecule has 2 rings (SSSR count). The predicted octanol–water partition coefficient (Wildman–Crippen LogP) is 3.96. The fourth-order valence-electron chi connectivity index (χ4n) is 1.88. The summed E-state index contributed by atoms with van der Waals surface area (Å²) in [6, 6.07) is 3.79. The number of aryl methyl sites for hydroxylation is 1. The Kier molecular flexibility index (Phi) is 3.26. The van der Waals surface area contributed by atoms with E-state index < -0.39 is 5.82 Å². The Bertz CT molecular complexity index is 631. The second-order valence-corrected chi connectivity index (χ2v) is 4.74. The van der Waals surface area contributed by atoms with Crippen LogP contribution in [0.2, 0.25) is 5.02 Å². The van der Waals surface area contributed by atoms with Crippen molar-refractivity contribution >= 4 is 17.4 Å². The molecule has 0 fully saturated rings. The second-order valence-electron chi connectivity index (χ2n) is 4.33. The van der Waals surface area contributed by atoms with Gasteiger partial charge in [-0.3, -0.25) is 4.79 Å². The van der Waals surface area contributed by atoms with Gasteiger partial charge in [0.15, 0.2) is 0 Å². The van der Waals surface area contributed by atoms with E-state index in [4.69, 9.17) is 11.6 Å². The highest BCUT2D eigenvalue weighted by atomic mass is 35.5. The molecule has 2 nitrogen and oxygen atoms in total. The molecule has 94 valence electrons. The fraction of sp³-hybridized carbons (Fsp3) is 0.214. The highest BCUT2D eigenvalue weighted by molar-refractivity contribution is 6.34. The zero-order chi connectivity index (χ0) is 13.4. The van der Waals surface area contributed by atoms with Gasteiger partial charge in [0.2, 0.25) is 5.78 Å². The van der Waals surface area contributed by atoms with Crippen LogP contribution in [0, 0.1) is 26.6 Å². The average Bonchev–Trinajstić information content (AvgIpc) is 2.56. The maximum Gasteiger partial charge on any atom is 0.210 e. The third-order valence-electron chi connectivity index (χ3n) is 3.22. The van der Waals surface area contributed by atoms with Gasteiger partial charge >= 0.3 is 0 Å². The normalized spacial score (nSPS) is 10.7. The summed E-state index contributed by atoms with van der Waals surface area (Å²) in [7, 11) is 0. The second kappa shape index (κ2) is 4.58. The van der Waals surface area contributed by atoms with Crippen molar-refractivity contribution in [2.24, 2.45) is 0 Å². The van der Waals surface area contributed by atoms with Crippen molar-refractivity contribution in [3.63, 3.8) is 0 Å². The van der Waals surface area contributed by atoms with Gasteiger partial charge in [-0.2, -0.15) is 0 Å². The van der Waals surface area contributed by atoms with Gasteiger partial charge in [0.1, 0.15) is 5.82 Å². The summed E-state index contributed by atoms with van der Waals surface area (Å²) in [6.45, 7) is 5.74. The smallest absolute Gasteiger partial charge is 0.210 e. The highest BCUT2D eigenvalue weighted by Crippen LogP contribution is 2.24. The molecular formula is C14H13ClFNO. The minimum atomic E-state index is -0.452. The number of carbonyl (C=O) groups excluding carboxylic acids is 1. The molecule has 1 heterocycles. The first kappa shape index (κ1) is 12.8. The first-order valence-corrected chi connectivity index (χ1v) is 5.95. The van der Waals surface area contributed by atoms with E-state index in [0.717, 1.165) is 22.9 Å². The maximum atomic E-state index is 13.0. The highest BCUT2D eigenvalue weighted by Gasteiger charge is 2.19. The number of H-pyrrole nitrogens is 1. The van der Waals surface area contributed by atoms with Gasteiger partial charge < -0.3 is 4.98 Å². The Morgan fingerprint density at radius 2 is 1.89 bits per heavy atom. The molecule has 0 bridgehead atoms. The molecule has 1 N–H and O–H groups in total. The molecule has 0 atom stereocenters. The molecule has 0 aliphatic rings. The minimum absolute atomic E-state index is 0.129. The summed E-state index contributed by atoms with van der Waals surface area (Å²) in [5, 5.41) is 0.129. The van der Waals surface area contributed by atoms with Crippen LogP contribution in [0.3, 0.4) is 0 Å². The van der Waals surface area contributed by atoms with Gasteiger partial charge in [-0.25, -0.2) is 4.39 Å². The van der Waals surface area contributed by atoms with Crippen molar-refractivity contribution in [1.82, 2.24) is 4.98 Å². The molecule has 0 aliphatic carbocycles. The van der Waals surface area contributed by atoms with Crippen LogP contribution in [-0.2, 0) is 0 Å². The van der Waals surface area contributed by atoms with Crippen molar-refractivity contribution in [2.45, 2.75) is 20.8 Å². The lowest BCUT2D eigenvalue weighted by Gasteiger charge is -2.03. The standard InChI is InChI=1S/C14H13ClFNO/c1-7-8(2)13(17-9(7)3)14(18)11-5-4-10(16)6-12(11)15/h4-6,17H,1-3H3. The van der Waals surface area contributed by atoms with Crippen molar-refractivity contribution in [1.29, 1.82) is 0 Å². The number of benzene rings is 1. The number of ketones is 1. The molecular weight excluding hydrogens is 253 g/mol. The van der Waals surface area contributed by atoms with Gasteiger partial charge in [0, 0.05) is 11.3 Å². The number of hydrogen-bond acceptors (Lipinski definition) is 1. The van der Waals surface area contributed by atoms with Gasteiger partial charge in [0.05, 0.1) is 10.7 Å². The summed E-state index contributed by atoms with van der Waals surface area (Å²) in [4.78, 5) is 15.4. The SMILES string of the molecule is Cc1[nH]c(C(=O)c2ccc(F)cc2Cl)c(C)c1C. The first-order chi connectivity index (χ1) is 8.41. The monoisotopic (exact) mass is 265 g/mol. The number of halogens is 2. The maximum absolute atomic E-state index is 13.0. The molecule has 1 aromatic carbocycles. The lowest BCUT2D eigenvalue weighted by atomic mass is 10.0. The molecule has 4 heteroatoms. The van der Waals surface area contributed by atoms with Crippen LogP contribution in [-0.4, -0.2) is 10.8 Å². The van der Waals surface area contributed by atoms with Crippen LogP contribution < -0.4 is 0 Å². The number of aromatic nitrogens is 1. The van der Waals surface area contributed by atoms with E-state index in [1.54, 1.807) is 0 Å². The largest absolute Gasteiger partial charge is 0.356 e. The van der Waals surface area contributed by atoms with Crippen LogP contribution in [0.4, 0.5) is 4.39 Å². The molecule has 0 saturated heterocycles. The molecule has 1 aromatic heterocycles. The Hall–Kier alpha value is -1.61. The van der Waals surface area contributed by atoms with E-state index in [1.807, 2.05) is 20.8 Å².